The molecule has 0 spiro atoms. The van der Waals surface area contributed by atoms with Gasteiger partial charge >= 0.3 is 0 Å². The SMILES string of the molecule is CCNC(=NCC(=O)Nc1cc(Br)ccc1C)NCc1cccs1. The highest BCUT2D eigenvalue weighted by atomic mass is 79.9. The molecule has 0 radical (unpaired) electrons. The van der Waals surface area contributed by atoms with Crippen molar-refractivity contribution in [2.24, 2.45) is 4.99 Å². The number of guanidine groups is 1. The molecule has 0 fully saturated rings. The Kier molecular flexibility index (Phi) is 7.27. The van der Waals surface area contributed by atoms with Gasteiger partial charge < -0.3 is 16.0 Å². The Hall–Kier alpha value is -1.86. The zero-order valence-corrected chi connectivity index (χ0v) is 16.1. The molecule has 0 bridgehead atoms. The molecule has 0 saturated carbocycles. The zero-order chi connectivity index (χ0) is 17.4. The number of rotatable bonds is 6. The van der Waals surface area contributed by atoms with Crippen LogP contribution in [0.15, 0.2) is 45.2 Å². The molecule has 2 rings (SSSR count). The number of thiophene rings is 1. The number of aryl methyl sites for hydroxylation is 1. The van der Waals surface area contributed by atoms with Crippen LogP contribution in [0.4, 0.5) is 5.69 Å². The summed E-state index contributed by atoms with van der Waals surface area (Å²) in [5.41, 5.74) is 1.80. The Morgan fingerprint density at radius 3 is 2.83 bits per heavy atom. The van der Waals surface area contributed by atoms with Gasteiger partial charge in [-0.05, 0) is 43.0 Å². The fraction of sp³-hybridized carbons (Fsp3) is 0.294. The van der Waals surface area contributed by atoms with Crippen LogP contribution in [0.1, 0.15) is 17.4 Å². The summed E-state index contributed by atoms with van der Waals surface area (Å²) in [6.07, 6.45) is 0. The van der Waals surface area contributed by atoms with E-state index in [0.717, 1.165) is 22.3 Å². The normalized spacial score (nSPS) is 11.2. The molecule has 0 aliphatic heterocycles. The molecule has 5 nitrogen and oxygen atoms in total. The quantitative estimate of drug-likeness (QED) is 0.505. The highest BCUT2D eigenvalue weighted by molar-refractivity contribution is 9.10. The summed E-state index contributed by atoms with van der Waals surface area (Å²) in [4.78, 5) is 17.7. The van der Waals surface area contributed by atoms with E-state index < -0.39 is 0 Å². The van der Waals surface area contributed by atoms with Gasteiger partial charge in [-0.2, -0.15) is 0 Å². The van der Waals surface area contributed by atoms with Crippen molar-refractivity contribution in [3.05, 3.63) is 50.6 Å². The lowest BCUT2D eigenvalue weighted by molar-refractivity contribution is -0.114. The maximum atomic E-state index is 12.1. The topological polar surface area (TPSA) is 65.5 Å². The predicted molar refractivity (Wildman–Crippen MR) is 105 cm³/mol. The Balaban J connectivity index is 1.91. The van der Waals surface area contributed by atoms with Gasteiger partial charge in [0.15, 0.2) is 5.96 Å². The number of benzene rings is 1. The third-order valence-electron chi connectivity index (χ3n) is 3.21. The molecule has 128 valence electrons. The predicted octanol–water partition coefficient (Wildman–Crippen LogP) is 3.51. The zero-order valence-electron chi connectivity index (χ0n) is 13.7. The van der Waals surface area contributed by atoms with E-state index >= 15 is 0 Å². The molecule has 3 N–H and O–H groups in total. The summed E-state index contributed by atoms with van der Waals surface area (Å²) in [7, 11) is 0. The Morgan fingerprint density at radius 1 is 1.29 bits per heavy atom. The number of nitrogens with one attached hydrogen (secondary N) is 3. The number of amides is 1. The summed E-state index contributed by atoms with van der Waals surface area (Å²) < 4.78 is 0.929. The van der Waals surface area contributed by atoms with Crippen LogP contribution in [-0.2, 0) is 11.3 Å². The Bertz CT molecular complexity index is 701. The van der Waals surface area contributed by atoms with Crippen LogP contribution in [0.5, 0.6) is 0 Å². The lowest BCUT2D eigenvalue weighted by atomic mass is 10.2. The molecule has 24 heavy (non-hydrogen) atoms. The van der Waals surface area contributed by atoms with Crippen molar-refractivity contribution >= 4 is 44.8 Å². The first-order valence-electron chi connectivity index (χ1n) is 7.69. The van der Waals surface area contributed by atoms with Crippen LogP contribution >= 0.6 is 27.3 Å². The van der Waals surface area contributed by atoms with Gasteiger partial charge in [-0.25, -0.2) is 4.99 Å². The number of anilines is 1. The monoisotopic (exact) mass is 408 g/mol. The van der Waals surface area contributed by atoms with Gasteiger partial charge in [0, 0.05) is 21.6 Å². The molecule has 0 aliphatic carbocycles. The molecule has 0 aliphatic rings. The number of hydrogen-bond donors (Lipinski definition) is 3. The van der Waals surface area contributed by atoms with Crippen LogP contribution in [-0.4, -0.2) is 25.0 Å². The first-order chi connectivity index (χ1) is 11.6. The second-order valence-electron chi connectivity index (χ2n) is 5.14. The van der Waals surface area contributed by atoms with Crippen LogP contribution in [0.25, 0.3) is 0 Å². The maximum absolute atomic E-state index is 12.1. The van der Waals surface area contributed by atoms with Gasteiger partial charge in [0.25, 0.3) is 0 Å². The Morgan fingerprint density at radius 2 is 2.12 bits per heavy atom. The third-order valence-corrected chi connectivity index (χ3v) is 4.58. The molecule has 2 aromatic rings. The van der Waals surface area contributed by atoms with E-state index in [1.54, 1.807) is 11.3 Å². The molecule has 1 aromatic carbocycles. The molecule has 0 saturated heterocycles. The van der Waals surface area contributed by atoms with E-state index in [1.807, 2.05) is 43.5 Å². The van der Waals surface area contributed by atoms with Crippen molar-refractivity contribution in [2.75, 3.05) is 18.4 Å². The number of carbonyl (C=O) groups is 1. The summed E-state index contributed by atoms with van der Waals surface area (Å²) in [6.45, 7) is 5.44. The summed E-state index contributed by atoms with van der Waals surface area (Å²) in [6, 6.07) is 9.86. The highest BCUT2D eigenvalue weighted by Gasteiger charge is 2.06. The van der Waals surface area contributed by atoms with Gasteiger partial charge in [-0.1, -0.05) is 28.1 Å². The van der Waals surface area contributed by atoms with Gasteiger partial charge in [-0.3, -0.25) is 4.79 Å². The molecule has 1 amide bonds. The average Bonchev–Trinajstić information content (AvgIpc) is 3.07. The van der Waals surface area contributed by atoms with Gasteiger partial charge in [-0.15, -0.1) is 11.3 Å². The average molecular weight is 409 g/mol. The summed E-state index contributed by atoms with van der Waals surface area (Å²) >= 11 is 5.09. The number of hydrogen-bond acceptors (Lipinski definition) is 3. The van der Waals surface area contributed by atoms with E-state index in [-0.39, 0.29) is 12.5 Å². The van der Waals surface area contributed by atoms with Crippen LogP contribution < -0.4 is 16.0 Å². The first kappa shape index (κ1) is 18.5. The minimum atomic E-state index is -0.149. The van der Waals surface area contributed by atoms with Crippen LogP contribution in [0.3, 0.4) is 0 Å². The third kappa shape index (κ3) is 5.98. The summed E-state index contributed by atoms with van der Waals surface area (Å²) in [5.74, 6) is 0.483. The number of carbonyl (C=O) groups excluding carboxylic acids is 1. The van der Waals surface area contributed by atoms with Crippen molar-refractivity contribution in [3.63, 3.8) is 0 Å². The number of halogens is 1. The summed E-state index contributed by atoms with van der Waals surface area (Å²) in [5, 5.41) is 11.3. The lowest BCUT2D eigenvalue weighted by Crippen LogP contribution is -2.37. The molecule has 7 heteroatoms. The second-order valence-corrected chi connectivity index (χ2v) is 7.08. The van der Waals surface area contributed by atoms with Crippen LogP contribution in [0.2, 0.25) is 0 Å². The van der Waals surface area contributed by atoms with Gasteiger partial charge in [0.05, 0.1) is 6.54 Å². The fourth-order valence-corrected chi connectivity index (χ4v) is 3.00. The minimum absolute atomic E-state index is 0.0612. The maximum Gasteiger partial charge on any atom is 0.246 e. The van der Waals surface area contributed by atoms with Crippen molar-refractivity contribution < 1.29 is 4.79 Å². The van der Waals surface area contributed by atoms with E-state index in [0.29, 0.717) is 12.5 Å². The van der Waals surface area contributed by atoms with Gasteiger partial charge in [0.1, 0.15) is 6.54 Å². The standard InChI is InChI=1S/C17H21BrN4OS/c1-3-19-17(20-10-14-5-4-8-24-14)21-11-16(23)22-15-9-13(18)7-6-12(15)2/h4-9H,3,10-11H2,1-2H3,(H,22,23)(H2,19,20,21). The van der Waals surface area contributed by atoms with Gasteiger partial charge in [0.2, 0.25) is 5.91 Å². The van der Waals surface area contributed by atoms with E-state index in [2.05, 4.69) is 42.9 Å². The van der Waals surface area contributed by atoms with Crippen LogP contribution in [0, 0.1) is 6.92 Å². The van der Waals surface area contributed by atoms with Crippen molar-refractivity contribution in [2.45, 2.75) is 20.4 Å². The van der Waals surface area contributed by atoms with Crippen molar-refractivity contribution in [1.29, 1.82) is 0 Å². The fourth-order valence-electron chi connectivity index (χ4n) is 2.00. The van der Waals surface area contributed by atoms with Crippen molar-refractivity contribution in [3.8, 4) is 0 Å². The first-order valence-corrected chi connectivity index (χ1v) is 9.36. The minimum Gasteiger partial charge on any atom is -0.357 e. The number of aliphatic imine (C=N–C) groups is 1. The molecule has 0 atom stereocenters. The smallest absolute Gasteiger partial charge is 0.246 e. The molecular formula is C17H21BrN4OS. The lowest BCUT2D eigenvalue weighted by Gasteiger charge is -2.11. The van der Waals surface area contributed by atoms with E-state index in [9.17, 15) is 4.79 Å². The largest absolute Gasteiger partial charge is 0.357 e. The molecule has 0 unspecified atom stereocenters. The van der Waals surface area contributed by atoms with Crippen molar-refractivity contribution in [1.82, 2.24) is 10.6 Å². The molecule has 1 heterocycles. The second kappa shape index (κ2) is 9.44. The Labute approximate surface area is 154 Å². The number of nitrogens with zero attached hydrogens (tertiary/aromatic N) is 1. The van der Waals surface area contributed by atoms with E-state index in [1.165, 1.54) is 4.88 Å². The molecule has 1 aromatic heterocycles. The highest BCUT2D eigenvalue weighted by Crippen LogP contribution is 2.20. The molecular weight excluding hydrogens is 388 g/mol. The van der Waals surface area contributed by atoms with E-state index in [4.69, 9.17) is 0 Å².